The molecule has 1 aromatic rings. The Morgan fingerprint density at radius 1 is 1.40 bits per heavy atom. The van der Waals surface area contributed by atoms with Crippen molar-refractivity contribution < 1.29 is 13.9 Å². The second kappa shape index (κ2) is 5.31. The van der Waals surface area contributed by atoms with Crippen molar-refractivity contribution in [3.05, 3.63) is 28.3 Å². The third-order valence-electron chi connectivity index (χ3n) is 3.05. The highest BCUT2D eigenvalue weighted by Gasteiger charge is 2.33. The molecule has 110 valence electrons. The standard InChI is InChI=1S/C15H21NO4/c1-10-5-11(6-14(18)19-10)20-12-8-16(9-12)13(17)7-15(2,3)4/h5-6,12H,7-9H2,1-4H3. The summed E-state index contributed by atoms with van der Waals surface area (Å²) in [6.45, 7) is 9.00. The molecule has 0 atom stereocenters. The number of ether oxygens (including phenoxy) is 1. The number of amides is 1. The van der Waals surface area contributed by atoms with E-state index in [2.05, 4.69) is 0 Å². The van der Waals surface area contributed by atoms with Gasteiger partial charge in [-0.15, -0.1) is 0 Å². The molecule has 0 radical (unpaired) electrons. The molecule has 1 aromatic heterocycles. The Morgan fingerprint density at radius 3 is 2.60 bits per heavy atom. The molecule has 0 aromatic carbocycles. The molecule has 1 amide bonds. The number of carbonyl (C=O) groups excluding carboxylic acids is 1. The lowest BCUT2D eigenvalue weighted by molar-refractivity contribution is -0.141. The lowest BCUT2D eigenvalue weighted by atomic mass is 9.91. The number of likely N-dealkylation sites (tertiary alicyclic amines) is 1. The van der Waals surface area contributed by atoms with Crippen LogP contribution in [0.4, 0.5) is 0 Å². The summed E-state index contributed by atoms with van der Waals surface area (Å²) < 4.78 is 10.5. The van der Waals surface area contributed by atoms with Crippen LogP contribution in [-0.2, 0) is 4.79 Å². The van der Waals surface area contributed by atoms with E-state index in [4.69, 9.17) is 9.15 Å². The van der Waals surface area contributed by atoms with E-state index in [1.54, 1.807) is 17.9 Å². The van der Waals surface area contributed by atoms with E-state index in [1.165, 1.54) is 6.07 Å². The maximum absolute atomic E-state index is 12.0. The summed E-state index contributed by atoms with van der Waals surface area (Å²) >= 11 is 0. The van der Waals surface area contributed by atoms with Gasteiger partial charge in [-0.2, -0.15) is 0 Å². The predicted molar refractivity (Wildman–Crippen MR) is 74.8 cm³/mol. The number of rotatable bonds is 3. The van der Waals surface area contributed by atoms with Crippen molar-refractivity contribution in [1.82, 2.24) is 4.90 Å². The van der Waals surface area contributed by atoms with Crippen molar-refractivity contribution in [1.29, 1.82) is 0 Å². The van der Waals surface area contributed by atoms with Crippen molar-refractivity contribution in [3.8, 4) is 5.75 Å². The summed E-state index contributed by atoms with van der Waals surface area (Å²) in [4.78, 5) is 25.0. The van der Waals surface area contributed by atoms with E-state index >= 15 is 0 Å². The first-order chi connectivity index (χ1) is 9.23. The van der Waals surface area contributed by atoms with E-state index < -0.39 is 5.63 Å². The highest BCUT2D eigenvalue weighted by atomic mass is 16.5. The van der Waals surface area contributed by atoms with E-state index in [0.717, 1.165) is 0 Å². The first-order valence-electron chi connectivity index (χ1n) is 6.79. The van der Waals surface area contributed by atoms with Gasteiger partial charge >= 0.3 is 5.63 Å². The van der Waals surface area contributed by atoms with Gasteiger partial charge in [0.2, 0.25) is 5.91 Å². The minimum Gasteiger partial charge on any atom is -0.486 e. The lowest BCUT2D eigenvalue weighted by Gasteiger charge is -2.40. The van der Waals surface area contributed by atoms with E-state index in [1.807, 2.05) is 20.8 Å². The second-order valence-corrected chi connectivity index (χ2v) is 6.50. The number of carbonyl (C=O) groups is 1. The Bertz CT molecular complexity index is 550. The number of aryl methyl sites for hydroxylation is 1. The number of nitrogens with zero attached hydrogens (tertiary/aromatic N) is 1. The van der Waals surface area contributed by atoms with Crippen LogP contribution in [0.3, 0.4) is 0 Å². The zero-order valence-corrected chi connectivity index (χ0v) is 12.4. The van der Waals surface area contributed by atoms with Crippen LogP contribution in [0.15, 0.2) is 21.3 Å². The summed E-state index contributed by atoms with van der Waals surface area (Å²) in [6, 6.07) is 3.01. The number of hydrogen-bond donors (Lipinski definition) is 0. The summed E-state index contributed by atoms with van der Waals surface area (Å²) in [5, 5.41) is 0. The molecule has 5 nitrogen and oxygen atoms in total. The molecule has 2 heterocycles. The van der Waals surface area contributed by atoms with Gasteiger partial charge in [-0.05, 0) is 12.3 Å². The highest BCUT2D eigenvalue weighted by Crippen LogP contribution is 2.23. The highest BCUT2D eigenvalue weighted by molar-refractivity contribution is 5.77. The van der Waals surface area contributed by atoms with Gasteiger partial charge in [0.05, 0.1) is 19.2 Å². The van der Waals surface area contributed by atoms with Gasteiger partial charge in [0.25, 0.3) is 0 Å². The lowest BCUT2D eigenvalue weighted by Crippen LogP contribution is -2.56. The fourth-order valence-corrected chi connectivity index (χ4v) is 2.12. The van der Waals surface area contributed by atoms with Gasteiger partial charge in [0.1, 0.15) is 17.6 Å². The zero-order chi connectivity index (χ0) is 14.9. The van der Waals surface area contributed by atoms with Gasteiger partial charge < -0.3 is 14.1 Å². The molecule has 1 saturated heterocycles. The fraction of sp³-hybridized carbons (Fsp3) is 0.600. The Kier molecular flexibility index (Phi) is 3.88. The van der Waals surface area contributed by atoms with E-state index in [9.17, 15) is 9.59 Å². The Balaban J connectivity index is 1.85. The SMILES string of the molecule is Cc1cc(OC2CN(C(=O)CC(C)(C)C)C2)cc(=O)o1. The van der Waals surface area contributed by atoms with Crippen LogP contribution in [-0.4, -0.2) is 30.0 Å². The predicted octanol–water partition coefficient (Wildman–Crippen LogP) is 1.97. The van der Waals surface area contributed by atoms with Crippen molar-refractivity contribution >= 4 is 5.91 Å². The summed E-state index contributed by atoms with van der Waals surface area (Å²) in [6.07, 6.45) is 0.494. The molecular weight excluding hydrogens is 258 g/mol. The topological polar surface area (TPSA) is 59.8 Å². The van der Waals surface area contributed by atoms with Crippen LogP contribution in [0, 0.1) is 12.3 Å². The van der Waals surface area contributed by atoms with Gasteiger partial charge in [0.15, 0.2) is 0 Å². The van der Waals surface area contributed by atoms with Gasteiger partial charge in [0, 0.05) is 12.5 Å². The third-order valence-corrected chi connectivity index (χ3v) is 3.05. The van der Waals surface area contributed by atoms with Crippen molar-refractivity contribution in [3.63, 3.8) is 0 Å². The molecule has 5 heteroatoms. The molecule has 1 fully saturated rings. The first-order valence-corrected chi connectivity index (χ1v) is 6.79. The van der Waals surface area contributed by atoms with Crippen molar-refractivity contribution in [2.75, 3.05) is 13.1 Å². The molecule has 0 spiro atoms. The van der Waals surface area contributed by atoms with Crippen LogP contribution in [0.5, 0.6) is 5.75 Å². The first kappa shape index (κ1) is 14.6. The molecule has 0 bridgehead atoms. The molecule has 0 aliphatic carbocycles. The van der Waals surface area contributed by atoms with Crippen LogP contribution < -0.4 is 10.4 Å². The van der Waals surface area contributed by atoms with Gasteiger partial charge in [-0.3, -0.25) is 4.79 Å². The average Bonchev–Trinajstić information content (AvgIpc) is 2.18. The van der Waals surface area contributed by atoms with Gasteiger partial charge in [-0.1, -0.05) is 20.8 Å². The second-order valence-electron chi connectivity index (χ2n) is 6.50. The Hall–Kier alpha value is -1.78. The maximum Gasteiger partial charge on any atom is 0.339 e. The Morgan fingerprint density at radius 2 is 2.05 bits per heavy atom. The van der Waals surface area contributed by atoms with E-state index in [-0.39, 0.29) is 17.4 Å². The monoisotopic (exact) mass is 279 g/mol. The average molecular weight is 279 g/mol. The summed E-state index contributed by atoms with van der Waals surface area (Å²) in [5.74, 6) is 1.18. The minimum atomic E-state index is -0.417. The quantitative estimate of drug-likeness (QED) is 0.848. The molecule has 2 rings (SSSR count). The minimum absolute atomic E-state index is 0.00146. The molecule has 20 heavy (non-hydrogen) atoms. The molecule has 1 aliphatic heterocycles. The molecule has 0 saturated carbocycles. The Labute approximate surface area is 118 Å². The van der Waals surface area contributed by atoms with Crippen LogP contribution in [0.2, 0.25) is 0 Å². The normalized spacial score (nSPS) is 15.9. The zero-order valence-electron chi connectivity index (χ0n) is 12.4. The largest absolute Gasteiger partial charge is 0.486 e. The smallest absolute Gasteiger partial charge is 0.339 e. The fourth-order valence-electron chi connectivity index (χ4n) is 2.12. The van der Waals surface area contributed by atoms with Crippen molar-refractivity contribution in [2.45, 2.75) is 40.2 Å². The van der Waals surface area contributed by atoms with Crippen molar-refractivity contribution in [2.24, 2.45) is 5.41 Å². The van der Waals surface area contributed by atoms with Gasteiger partial charge in [-0.25, -0.2) is 4.79 Å². The summed E-state index contributed by atoms with van der Waals surface area (Å²) in [7, 11) is 0. The maximum atomic E-state index is 12.0. The van der Waals surface area contributed by atoms with E-state index in [0.29, 0.717) is 31.0 Å². The molecular formula is C15H21NO4. The van der Waals surface area contributed by atoms with Crippen LogP contribution in [0.25, 0.3) is 0 Å². The number of hydrogen-bond acceptors (Lipinski definition) is 4. The molecule has 1 aliphatic rings. The summed E-state index contributed by atoms with van der Waals surface area (Å²) in [5.41, 5.74) is -0.418. The van der Waals surface area contributed by atoms with Crippen LogP contribution in [0.1, 0.15) is 33.0 Å². The molecule has 0 N–H and O–H groups in total. The van der Waals surface area contributed by atoms with Crippen LogP contribution >= 0.6 is 0 Å². The molecule has 0 unspecified atom stereocenters. The third kappa shape index (κ3) is 3.85.